The lowest BCUT2D eigenvalue weighted by Crippen LogP contribution is -2.40. The lowest BCUT2D eigenvalue weighted by molar-refractivity contribution is -0.148. The Kier molecular flexibility index (Phi) is 4.92. The number of alkyl halides is 3. The van der Waals surface area contributed by atoms with E-state index < -0.39 is 18.5 Å². The second-order valence-electron chi connectivity index (χ2n) is 7.63. The zero-order valence-electron chi connectivity index (χ0n) is 16.5. The molecule has 3 heterocycles. The molecule has 0 spiro atoms. The Morgan fingerprint density at radius 1 is 1.03 bits per heavy atom. The normalized spacial score (nSPS) is 17.5. The van der Waals surface area contributed by atoms with Crippen molar-refractivity contribution in [2.24, 2.45) is 0 Å². The average Bonchev–Trinajstić information content (AvgIpc) is 3.35. The van der Waals surface area contributed by atoms with Crippen molar-refractivity contribution >= 4 is 38.5 Å². The van der Waals surface area contributed by atoms with E-state index in [2.05, 4.69) is 4.98 Å². The summed E-state index contributed by atoms with van der Waals surface area (Å²) < 4.78 is 42.9. The summed E-state index contributed by atoms with van der Waals surface area (Å²) in [5.74, 6) is -1.40. The first kappa shape index (κ1) is 20.0. The van der Waals surface area contributed by atoms with Crippen molar-refractivity contribution in [2.45, 2.75) is 38.0 Å². The second kappa shape index (κ2) is 7.64. The molecular weight excluding hydrogens is 425 g/mol. The fourth-order valence-electron chi connectivity index (χ4n) is 4.20. The minimum atomic E-state index is -4.65. The van der Waals surface area contributed by atoms with Gasteiger partial charge in [-0.2, -0.15) is 13.2 Å². The number of rotatable bonds is 3. The molecule has 0 bridgehead atoms. The van der Waals surface area contributed by atoms with Crippen molar-refractivity contribution in [1.82, 2.24) is 19.4 Å². The minimum absolute atomic E-state index is 0.220. The maximum Gasteiger partial charge on any atom is 0.449 e. The molecule has 4 aromatic rings. The van der Waals surface area contributed by atoms with Crippen molar-refractivity contribution in [3.8, 4) is 0 Å². The number of carbonyl (C=O) groups is 1. The summed E-state index contributed by atoms with van der Waals surface area (Å²) in [5, 5.41) is 0.834. The van der Waals surface area contributed by atoms with Crippen molar-refractivity contribution in [3.05, 3.63) is 59.4 Å². The van der Waals surface area contributed by atoms with Crippen LogP contribution in [0.1, 0.15) is 36.1 Å². The number of piperidine rings is 1. The van der Waals surface area contributed by atoms with Crippen LogP contribution in [0, 0.1) is 0 Å². The van der Waals surface area contributed by atoms with E-state index in [0.717, 1.165) is 39.1 Å². The number of hydrogen-bond donors (Lipinski definition) is 0. The molecule has 31 heavy (non-hydrogen) atoms. The highest BCUT2D eigenvalue weighted by Crippen LogP contribution is 2.37. The number of likely N-dealkylation sites (tertiary alicyclic amines) is 1. The van der Waals surface area contributed by atoms with Crippen molar-refractivity contribution in [3.63, 3.8) is 0 Å². The smallest absolute Gasteiger partial charge is 0.332 e. The second-order valence-corrected chi connectivity index (χ2v) is 8.69. The van der Waals surface area contributed by atoms with Crippen LogP contribution in [0.15, 0.2) is 48.5 Å². The van der Waals surface area contributed by atoms with Crippen LogP contribution >= 0.6 is 11.3 Å². The number of carbonyl (C=O) groups excluding carboxylic acids is 1. The maximum atomic E-state index is 13.6. The number of hydrogen-bond acceptors (Lipinski definition) is 4. The van der Waals surface area contributed by atoms with Crippen molar-refractivity contribution < 1.29 is 18.0 Å². The average molecular weight is 444 g/mol. The number of nitrogens with zero attached hydrogens (tertiary/aromatic N) is 4. The van der Waals surface area contributed by atoms with Crippen LogP contribution < -0.4 is 0 Å². The first-order chi connectivity index (χ1) is 14.9. The monoisotopic (exact) mass is 444 g/mol. The Labute approximate surface area is 180 Å². The number of aromatic nitrogens is 3. The molecule has 0 radical (unpaired) electrons. The van der Waals surface area contributed by atoms with Gasteiger partial charge in [-0.1, -0.05) is 24.3 Å². The summed E-state index contributed by atoms with van der Waals surface area (Å²) in [6.45, 7) is 0.101. The molecule has 1 aliphatic rings. The molecule has 5 nitrogen and oxygen atoms in total. The molecule has 0 saturated carbocycles. The zero-order valence-corrected chi connectivity index (χ0v) is 17.3. The van der Waals surface area contributed by atoms with E-state index in [0.29, 0.717) is 12.1 Å². The molecule has 160 valence electrons. The molecule has 9 heteroatoms. The standard InChI is InChI=1S/C22H19F3N4OS/c23-22(24,25)21-27-14-7-1-3-9-16(14)29(21)13-19(30)28-12-6-5-10-17(28)20-26-15-8-2-4-11-18(15)31-20/h1-4,7-9,11,17H,5-6,10,12-13H2/t17-/m1/s1. The number of halogens is 3. The number of para-hydroxylation sites is 3. The number of imidazole rings is 1. The van der Waals surface area contributed by atoms with E-state index >= 15 is 0 Å². The van der Waals surface area contributed by atoms with Gasteiger partial charge in [0.1, 0.15) is 11.6 Å². The molecular formula is C22H19F3N4OS. The van der Waals surface area contributed by atoms with Gasteiger partial charge in [-0.25, -0.2) is 9.97 Å². The third-order valence-electron chi connectivity index (χ3n) is 5.62. The molecule has 5 rings (SSSR count). The third-order valence-corrected chi connectivity index (χ3v) is 6.76. The van der Waals surface area contributed by atoms with E-state index in [1.165, 1.54) is 17.4 Å². The number of amides is 1. The van der Waals surface area contributed by atoms with Gasteiger partial charge in [-0.3, -0.25) is 4.79 Å². The molecule has 1 atom stereocenters. The Morgan fingerprint density at radius 3 is 2.55 bits per heavy atom. The quantitative estimate of drug-likeness (QED) is 0.424. The van der Waals surface area contributed by atoms with Gasteiger partial charge in [-0.15, -0.1) is 11.3 Å². The predicted octanol–water partition coefficient (Wildman–Crippen LogP) is 5.42. The molecule has 0 aliphatic carbocycles. The van der Waals surface area contributed by atoms with E-state index in [4.69, 9.17) is 4.98 Å². The van der Waals surface area contributed by atoms with Crippen LogP contribution in [0.3, 0.4) is 0 Å². The molecule has 2 aromatic carbocycles. The van der Waals surface area contributed by atoms with Gasteiger partial charge in [-0.05, 0) is 43.5 Å². The van der Waals surface area contributed by atoms with Crippen LogP contribution in [-0.2, 0) is 17.5 Å². The highest BCUT2D eigenvalue weighted by atomic mass is 32.1. The van der Waals surface area contributed by atoms with Gasteiger partial charge < -0.3 is 9.47 Å². The van der Waals surface area contributed by atoms with Gasteiger partial charge in [0, 0.05) is 6.54 Å². The Balaban J connectivity index is 1.49. The summed E-state index contributed by atoms with van der Waals surface area (Å²) in [4.78, 5) is 23.4. The topological polar surface area (TPSA) is 51.0 Å². The van der Waals surface area contributed by atoms with E-state index in [9.17, 15) is 18.0 Å². The summed E-state index contributed by atoms with van der Waals surface area (Å²) in [6, 6.07) is 13.9. The van der Waals surface area contributed by atoms with E-state index in [1.807, 2.05) is 24.3 Å². The maximum absolute atomic E-state index is 13.6. The number of thiazole rings is 1. The third kappa shape index (κ3) is 3.67. The first-order valence-corrected chi connectivity index (χ1v) is 10.9. The Hall–Kier alpha value is -2.94. The highest BCUT2D eigenvalue weighted by molar-refractivity contribution is 7.18. The highest BCUT2D eigenvalue weighted by Gasteiger charge is 2.39. The fraction of sp³-hybridized carbons (Fsp3) is 0.318. The van der Waals surface area contributed by atoms with Crippen LogP contribution in [0.2, 0.25) is 0 Å². The largest absolute Gasteiger partial charge is 0.449 e. The van der Waals surface area contributed by atoms with Crippen LogP contribution in [0.4, 0.5) is 13.2 Å². The van der Waals surface area contributed by atoms with Crippen LogP contribution in [0.25, 0.3) is 21.3 Å². The summed E-state index contributed by atoms with van der Waals surface area (Å²) in [5.41, 5.74) is 1.40. The summed E-state index contributed by atoms with van der Waals surface area (Å²) in [6.07, 6.45) is -2.12. The van der Waals surface area contributed by atoms with E-state index in [-0.39, 0.29) is 17.5 Å². The lowest BCUT2D eigenvalue weighted by atomic mass is 10.0. The molecule has 0 unspecified atom stereocenters. The van der Waals surface area contributed by atoms with Gasteiger partial charge in [0.05, 0.1) is 27.3 Å². The molecule has 0 N–H and O–H groups in total. The van der Waals surface area contributed by atoms with Crippen molar-refractivity contribution in [1.29, 1.82) is 0 Å². The van der Waals surface area contributed by atoms with Gasteiger partial charge in [0.25, 0.3) is 0 Å². The Bertz CT molecular complexity index is 1230. The van der Waals surface area contributed by atoms with Crippen LogP contribution in [0.5, 0.6) is 0 Å². The van der Waals surface area contributed by atoms with Crippen LogP contribution in [-0.4, -0.2) is 31.9 Å². The summed E-state index contributed by atoms with van der Waals surface area (Å²) in [7, 11) is 0. The van der Waals surface area contributed by atoms with Gasteiger partial charge in [0.15, 0.2) is 0 Å². The molecule has 1 amide bonds. The molecule has 1 aliphatic heterocycles. The van der Waals surface area contributed by atoms with E-state index in [1.54, 1.807) is 23.1 Å². The predicted molar refractivity (Wildman–Crippen MR) is 113 cm³/mol. The zero-order chi connectivity index (χ0) is 21.6. The minimum Gasteiger partial charge on any atom is -0.332 e. The molecule has 2 aromatic heterocycles. The SMILES string of the molecule is O=C(Cn1c(C(F)(F)F)nc2ccccc21)N1CCCC[C@@H]1c1nc2ccccc2s1. The Morgan fingerprint density at radius 2 is 1.77 bits per heavy atom. The van der Waals surface area contributed by atoms with Gasteiger partial charge >= 0.3 is 6.18 Å². The number of fused-ring (bicyclic) bond motifs is 2. The molecule has 1 saturated heterocycles. The summed E-state index contributed by atoms with van der Waals surface area (Å²) >= 11 is 1.54. The molecule has 1 fully saturated rings. The number of benzene rings is 2. The lowest BCUT2D eigenvalue weighted by Gasteiger charge is -2.34. The van der Waals surface area contributed by atoms with Crippen molar-refractivity contribution in [2.75, 3.05) is 6.54 Å². The fourth-order valence-corrected chi connectivity index (χ4v) is 5.31. The van der Waals surface area contributed by atoms with Gasteiger partial charge in [0.2, 0.25) is 11.7 Å². The first-order valence-electron chi connectivity index (χ1n) is 10.1.